The van der Waals surface area contributed by atoms with E-state index in [1.54, 1.807) is 0 Å². The SMILES string of the molecule is CCCCCCNCc1[nH]c2ccccc2c1Cl. The van der Waals surface area contributed by atoms with E-state index in [9.17, 15) is 0 Å². The van der Waals surface area contributed by atoms with Gasteiger partial charge in [-0.2, -0.15) is 0 Å². The molecule has 0 aliphatic rings. The summed E-state index contributed by atoms with van der Waals surface area (Å²) in [6.07, 6.45) is 5.16. The van der Waals surface area contributed by atoms with Crippen molar-refractivity contribution in [3.63, 3.8) is 0 Å². The molecule has 0 atom stereocenters. The molecule has 18 heavy (non-hydrogen) atoms. The number of H-pyrrole nitrogens is 1. The molecule has 0 spiro atoms. The molecule has 98 valence electrons. The summed E-state index contributed by atoms with van der Waals surface area (Å²) in [6, 6.07) is 8.16. The summed E-state index contributed by atoms with van der Waals surface area (Å²) < 4.78 is 0. The van der Waals surface area contributed by atoms with Crippen LogP contribution in [0.25, 0.3) is 10.9 Å². The normalized spacial score (nSPS) is 11.2. The van der Waals surface area contributed by atoms with Gasteiger partial charge >= 0.3 is 0 Å². The highest BCUT2D eigenvalue weighted by atomic mass is 35.5. The average molecular weight is 265 g/mol. The van der Waals surface area contributed by atoms with Crippen LogP contribution < -0.4 is 5.32 Å². The predicted molar refractivity (Wildman–Crippen MR) is 79.2 cm³/mol. The number of fused-ring (bicyclic) bond motifs is 1. The molecule has 2 aromatic rings. The van der Waals surface area contributed by atoms with Crippen LogP contribution in [0.5, 0.6) is 0 Å². The third kappa shape index (κ3) is 3.27. The Labute approximate surface area is 114 Å². The highest BCUT2D eigenvalue weighted by Crippen LogP contribution is 2.26. The summed E-state index contributed by atoms with van der Waals surface area (Å²) in [5, 5.41) is 5.41. The molecule has 0 unspecified atom stereocenters. The Bertz CT molecular complexity index is 490. The third-order valence-electron chi connectivity index (χ3n) is 3.22. The van der Waals surface area contributed by atoms with Gasteiger partial charge in [0.25, 0.3) is 0 Å². The second-order valence-electron chi connectivity index (χ2n) is 4.70. The van der Waals surface area contributed by atoms with Gasteiger partial charge in [0.15, 0.2) is 0 Å². The van der Waals surface area contributed by atoms with Crippen LogP contribution in [0, 0.1) is 0 Å². The van der Waals surface area contributed by atoms with E-state index in [0.29, 0.717) is 0 Å². The number of para-hydroxylation sites is 1. The van der Waals surface area contributed by atoms with E-state index >= 15 is 0 Å². The predicted octanol–water partition coefficient (Wildman–Crippen LogP) is 4.49. The van der Waals surface area contributed by atoms with Gasteiger partial charge in [0, 0.05) is 23.1 Å². The molecule has 0 fully saturated rings. The van der Waals surface area contributed by atoms with Crippen molar-refractivity contribution in [1.29, 1.82) is 0 Å². The van der Waals surface area contributed by atoms with Gasteiger partial charge in [0.1, 0.15) is 0 Å². The minimum atomic E-state index is 0.819. The molecule has 1 aromatic carbocycles. The molecule has 0 aliphatic carbocycles. The van der Waals surface area contributed by atoms with Crippen molar-refractivity contribution < 1.29 is 0 Å². The maximum atomic E-state index is 6.35. The van der Waals surface area contributed by atoms with Crippen molar-refractivity contribution >= 4 is 22.5 Å². The monoisotopic (exact) mass is 264 g/mol. The van der Waals surface area contributed by atoms with Crippen molar-refractivity contribution in [2.75, 3.05) is 6.54 Å². The maximum absolute atomic E-state index is 6.35. The van der Waals surface area contributed by atoms with Gasteiger partial charge in [-0.05, 0) is 19.0 Å². The lowest BCUT2D eigenvalue weighted by Gasteiger charge is -2.03. The number of aromatic amines is 1. The second kappa shape index (κ2) is 6.81. The van der Waals surface area contributed by atoms with E-state index in [1.165, 1.54) is 25.7 Å². The molecule has 2 nitrogen and oxygen atoms in total. The van der Waals surface area contributed by atoms with Gasteiger partial charge in [0.05, 0.1) is 5.02 Å². The number of hydrogen-bond acceptors (Lipinski definition) is 1. The molecule has 0 saturated carbocycles. The van der Waals surface area contributed by atoms with Crippen molar-refractivity contribution in [3.8, 4) is 0 Å². The topological polar surface area (TPSA) is 27.8 Å². The summed E-state index contributed by atoms with van der Waals surface area (Å²) in [5.41, 5.74) is 2.21. The molecule has 2 rings (SSSR count). The number of hydrogen-bond donors (Lipinski definition) is 2. The van der Waals surface area contributed by atoms with E-state index in [4.69, 9.17) is 11.6 Å². The summed E-state index contributed by atoms with van der Waals surface area (Å²) in [7, 11) is 0. The van der Waals surface area contributed by atoms with E-state index in [0.717, 1.165) is 34.7 Å². The lowest BCUT2D eigenvalue weighted by atomic mass is 10.2. The zero-order valence-corrected chi connectivity index (χ0v) is 11.7. The first-order valence-electron chi connectivity index (χ1n) is 6.78. The molecular weight excluding hydrogens is 244 g/mol. The van der Waals surface area contributed by atoms with Crippen molar-refractivity contribution in [2.45, 2.75) is 39.2 Å². The molecular formula is C15H21ClN2. The first-order chi connectivity index (χ1) is 8.83. The minimum Gasteiger partial charge on any atom is -0.356 e. The lowest BCUT2D eigenvalue weighted by molar-refractivity contribution is 0.595. The van der Waals surface area contributed by atoms with E-state index in [1.807, 2.05) is 12.1 Å². The Morgan fingerprint density at radius 1 is 1.17 bits per heavy atom. The number of aromatic nitrogens is 1. The number of benzene rings is 1. The van der Waals surface area contributed by atoms with Gasteiger partial charge in [0.2, 0.25) is 0 Å². The van der Waals surface area contributed by atoms with Crippen LogP contribution >= 0.6 is 11.6 Å². The third-order valence-corrected chi connectivity index (χ3v) is 3.65. The summed E-state index contributed by atoms with van der Waals surface area (Å²) in [6.45, 7) is 4.11. The molecule has 0 amide bonds. The zero-order chi connectivity index (χ0) is 12.8. The van der Waals surface area contributed by atoms with E-state index in [2.05, 4.69) is 29.4 Å². The number of nitrogens with one attached hydrogen (secondary N) is 2. The number of unbranched alkanes of at least 4 members (excludes halogenated alkanes) is 3. The molecule has 0 aliphatic heterocycles. The smallest absolute Gasteiger partial charge is 0.0705 e. The first kappa shape index (κ1) is 13.4. The largest absolute Gasteiger partial charge is 0.356 e. The molecule has 2 N–H and O–H groups in total. The highest BCUT2D eigenvalue weighted by Gasteiger charge is 2.07. The van der Waals surface area contributed by atoms with Gasteiger partial charge in [-0.3, -0.25) is 0 Å². The molecule has 1 heterocycles. The Morgan fingerprint density at radius 3 is 2.78 bits per heavy atom. The summed E-state index contributed by atoms with van der Waals surface area (Å²) >= 11 is 6.35. The summed E-state index contributed by atoms with van der Waals surface area (Å²) in [5.74, 6) is 0. The van der Waals surface area contributed by atoms with Crippen LogP contribution in [0.15, 0.2) is 24.3 Å². The van der Waals surface area contributed by atoms with Crippen LogP contribution in [-0.4, -0.2) is 11.5 Å². The maximum Gasteiger partial charge on any atom is 0.0705 e. The van der Waals surface area contributed by atoms with Gasteiger partial charge < -0.3 is 10.3 Å². The van der Waals surface area contributed by atoms with Crippen molar-refractivity contribution in [1.82, 2.24) is 10.3 Å². The van der Waals surface area contributed by atoms with Gasteiger partial charge in [-0.25, -0.2) is 0 Å². The van der Waals surface area contributed by atoms with Crippen LogP contribution in [0.3, 0.4) is 0 Å². The molecule has 0 radical (unpaired) electrons. The average Bonchev–Trinajstić information content (AvgIpc) is 2.71. The Balaban J connectivity index is 1.86. The van der Waals surface area contributed by atoms with Crippen LogP contribution in [-0.2, 0) is 6.54 Å². The van der Waals surface area contributed by atoms with Crippen LogP contribution in [0.4, 0.5) is 0 Å². The van der Waals surface area contributed by atoms with Crippen LogP contribution in [0.2, 0.25) is 5.02 Å². The molecule has 0 bridgehead atoms. The van der Waals surface area contributed by atoms with Crippen LogP contribution in [0.1, 0.15) is 38.3 Å². The Morgan fingerprint density at radius 2 is 2.00 bits per heavy atom. The second-order valence-corrected chi connectivity index (χ2v) is 5.08. The highest BCUT2D eigenvalue weighted by molar-refractivity contribution is 6.36. The molecule has 0 saturated heterocycles. The molecule has 3 heteroatoms. The fourth-order valence-corrected chi connectivity index (χ4v) is 2.45. The fraction of sp³-hybridized carbons (Fsp3) is 0.467. The number of rotatable bonds is 7. The number of halogens is 1. The van der Waals surface area contributed by atoms with Crippen molar-refractivity contribution in [3.05, 3.63) is 35.0 Å². The minimum absolute atomic E-state index is 0.819. The first-order valence-corrected chi connectivity index (χ1v) is 7.16. The standard InChI is InChI=1S/C15H21ClN2/c1-2-3-4-7-10-17-11-14-15(16)12-8-5-6-9-13(12)18-14/h5-6,8-9,17-18H,2-4,7,10-11H2,1H3. The Hall–Kier alpha value is -0.990. The fourth-order valence-electron chi connectivity index (χ4n) is 2.18. The Kier molecular flexibility index (Phi) is 5.09. The van der Waals surface area contributed by atoms with E-state index < -0.39 is 0 Å². The lowest BCUT2D eigenvalue weighted by Crippen LogP contribution is -2.15. The van der Waals surface area contributed by atoms with Gasteiger partial charge in [-0.15, -0.1) is 0 Å². The quantitative estimate of drug-likeness (QED) is 0.709. The van der Waals surface area contributed by atoms with Crippen molar-refractivity contribution in [2.24, 2.45) is 0 Å². The van der Waals surface area contributed by atoms with E-state index in [-0.39, 0.29) is 0 Å². The summed E-state index contributed by atoms with van der Waals surface area (Å²) in [4.78, 5) is 3.37. The molecule has 1 aromatic heterocycles. The zero-order valence-electron chi connectivity index (χ0n) is 10.9. The van der Waals surface area contributed by atoms with Gasteiger partial charge in [-0.1, -0.05) is 56.0 Å².